The largest absolute Gasteiger partial charge is 0.478 e. The number of aromatic carboxylic acids is 1. The minimum Gasteiger partial charge on any atom is -0.478 e. The Morgan fingerprint density at radius 2 is 2.31 bits per heavy atom. The average molecular weight is 239 g/mol. The Hall–Kier alpha value is -1.00. The van der Waals surface area contributed by atoms with Gasteiger partial charge in [-0.2, -0.15) is 11.8 Å². The molecule has 0 saturated carbocycles. The summed E-state index contributed by atoms with van der Waals surface area (Å²) in [4.78, 5) is 10.7. The number of hydrogen-bond donors (Lipinski definition) is 2. The van der Waals surface area contributed by atoms with E-state index in [0.29, 0.717) is 5.56 Å². The first-order chi connectivity index (χ1) is 7.59. The molecule has 0 amide bonds. The van der Waals surface area contributed by atoms with Gasteiger partial charge in [-0.15, -0.1) is 0 Å². The van der Waals surface area contributed by atoms with Gasteiger partial charge >= 0.3 is 5.97 Å². The van der Waals surface area contributed by atoms with Crippen LogP contribution >= 0.6 is 11.8 Å². The second kappa shape index (κ2) is 6.55. The number of thioether (sulfide) groups is 1. The van der Waals surface area contributed by atoms with Crippen LogP contribution in [-0.2, 0) is 5.75 Å². The van der Waals surface area contributed by atoms with E-state index < -0.39 is 5.97 Å². The number of carbonyl (C=O) groups is 1. The third kappa shape index (κ3) is 4.68. The molecule has 0 bridgehead atoms. The van der Waals surface area contributed by atoms with Crippen molar-refractivity contribution in [2.24, 2.45) is 5.73 Å². The Labute approximate surface area is 100 Å². The summed E-state index contributed by atoms with van der Waals surface area (Å²) in [7, 11) is 0. The molecule has 1 unspecified atom stereocenters. The standard InChI is InChI=1S/C12H17NO2S/c1-9(13)5-6-16-8-10-3-2-4-11(7-10)12(14)15/h2-4,7,9H,5-6,8,13H2,1H3,(H,14,15). The highest BCUT2D eigenvalue weighted by molar-refractivity contribution is 7.98. The van der Waals surface area contributed by atoms with Crippen LogP contribution in [0.2, 0.25) is 0 Å². The first kappa shape index (κ1) is 13.1. The van der Waals surface area contributed by atoms with E-state index in [1.807, 2.05) is 13.0 Å². The molecule has 0 heterocycles. The molecule has 1 aromatic carbocycles. The summed E-state index contributed by atoms with van der Waals surface area (Å²) in [6, 6.07) is 7.30. The lowest BCUT2D eigenvalue weighted by atomic mass is 10.1. The zero-order valence-electron chi connectivity index (χ0n) is 9.35. The molecule has 1 aromatic rings. The minimum atomic E-state index is -0.873. The maximum Gasteiger partial charge on any atom is 0.335 e. The van der Waals surface area contributed by atoms with Crippen molar-refractivity contribution in [3.8, 4) is 0 Å². The van der Waals surface area contributed by atoms with Gasteiger partial charge in [0.1, 0.15) is 0 Å². The Bertz CT molecular complexity index is 353. The first-order valence-corrected chi connectivity index (χ1v) is 6.40. The highest BCUT2D eigenvalue weighted by Crippen LogP contribution is 2.15. The van der Waals surface area contributed by atoms with E-state index in [-0.39, 0.29) is 6.04 Å². The molecular weight excluding hydrogens is 222 g/mol. The van der Waals surface area contributed by atoms with Crippen molar-refractivity contribution in [1.82, 2.24) is 0 Å². The van der Waals surface area contributed by atoms with Gasteiger partial charge in [-0.25, -0.2) is 4.79 Å². The van der Waals surface area contributed by atoms with Gasteiger partial charge in [-0.05, 0) is 36.8 Å². The van der Waals surface area contributed by atoms with Gasteiger partial charge in [-0.1, -0.05) is 12.1 Å². The molecule has 4 heteroatoms. The zero-order valence-corrected chi connectivity index (χ0v) is 10.2. The highest BCUT2D eigenvalue weighted by Gasteiger charge is 2.03. The van der Waals surface area contributed by atoms with Crippen LogP contribution < -0.4 is 5.73 Å². The van der Waals surface area contributed by atoms with Crippen molar-refractivity contribution in [2.75, 3.05) is 5.75 Å². The number of rotatable bonds is 6. The smallest absolute Gasteiger partial charge is 0.335 e. The third-order valence-corrected chi connectivity index (χ3v) is 3.22. The number of hydrogen-bond acceptors (Lipinski definition) is 3. The van der Waals surface area contributed by atoms with E-state index in [1.165, 1.54) is 0 Å². The zero-order chi connectivity index (χ0) is 12.0. The van der Waals surface area contributed by atoms with Crippen molar-refractivity contribution in [1.29, 1.82) is 0 Å². The molecule has 3 nitrogen and oxygen atoms in total. The lowest BCUT2D eigenvalue weighted by molar-refractivity contribution is 0.0697. The maximum atomic E-state index is 10.7. The summed E-state index contributed by atoms with van der Waals surface area (Å²) in [6.07, 6.45) is 0.989. The predicted octanol–water partition coefficient (Wildman–Crippen LogP) is 2.36. The first-order valence-electron chi connectivity index (χ1n) is 5.25. The minimum absolute atomic E-state index is 0.234. The Balaban J connectivity index is 2.42. The van der Waals surface area contributed by atoms with Crippen molar-refractivity contribution in [3.63, 3.8) is 0 Å². The van der Waals surface area contributed by atoms with Gasteiger partial charge < -0.3 is 10.8 Å². The molecule has 0 fully saturated rings. The fourth-order valence-corrected chi connectivity index (χ4v) is 2.35. The summed E-state index contributed by atoms with van der Waals surface area (Å²) < 4.78 is 0. The van der Waals surface area contributed by atoms with Crippen LogP contribution in [0, 0.1) is 0 Å². The number of carboxylic acid groups (broad SMARTS) is 1. The van der Waals surface area contributed by atoms with E-state index in [9.17, 15) is 4.79 Å². The molecule has 0 aliphatic rings. The fourth-order valence-electron chi connectivity index (χ4n) is 1.25. The van der Waals surface area contributed by atoms with E-state index in [0.717, 1.165) is 23.5 Å². The second-order valence-electron chi connectivity index (χ2n) is 3.82. The molecule has 16 heavy (non-hydrogen) atoms. The van der Waals surface area contributed by atoms with E-state index in [2.05, 4.69) is 0 Å². The lowest BCUT2D eigenvalue weighted by Gasteiger charge is -2.05. The van der Waals surface area contributed by atoms with Crippen LogP contribution in [0.3, 0.4) is 0 Å². The Kier molecular flexibility index (Phi) is 5.35. The predicted molar refractivity (Wildman–Crippen MR) is 67.8 cm³/mol. The molecule has 3 N–H and O–H groups in total. The van der Waals surface area contributed by atoms with Crippen molar-refractivity contribution in [2.45, 2.75) is 25.1 Å². The molecule has 1 rings (SSSR count). The summed E-state index contributed by atoms with van der Waals surface area (Å²) >= 11 is 1.78. The van der Waals surface area contributed by atoms with Gasteiger partial charge in [0.05, 0.1) is 5.56 Å². The lowest BCUT2D eigenvalue weighted by Crippen LogP contribution is -2.15. The summed E-state index contributed by atoms with van der Waals surface area (Å²) in [5.74, 6) is 0.977. The van der Waals surface area contributed by atoms with Gasteiger partial charge in [-0.3, -0.25) is 0 Å². The summed E-state index contributed by atoms with van der Waals surface area (Å²) in [5, 5.41) is 8.83. The fraction of sp³-hybridized carbons (Fsp3) is 0.417. The monoisotopic (exact) mass is 239 g/mol. The van der Waals surface area contributed by atoms with Crippen LogP contribution in [0.15, 0.2) is 24.3 Å². The number of carboxylic acids is 1. The highest BCUT2D eigenvalue weighted by atomic mass is 32.2. The topological polar surface area (TPSA) is 63.3 Å². The number of nitrogens with two attached hydrogens (primary N) is 1. The quantitative estimate of drug-likeness (QED) is 0.748. The van der Waals surface area contributed by atoms with Gasteiger partial charge in [0, 0.05) is 11.8 Å². The van der Waals surface area contributed by atoms with Crippen LogP contribution in [0.25, 0.3) is 0 Å². The molecule has 0 saturated heterocycles. The average Bonchev–Trinajstić information content (AvgIpc) is 2.24. The molecular formula is C12H17NO2S. The van der Waals surface area contributed by atoms with Crippen LogP contribution in [0.1, 0.15) is 29.3 Å². The van der Waals surface area contributed by atoms with Gasteiger partial charge in [0.15, 0.2) is 0 Å². The van der Waals surface area contributed by atoms with E-state index in [1.54, 1.807) is 30.0 Å². The Morgan fingerprint density at radius 1 is 1.56 bits per heavy atom. The summed E-state index contributed by atoms with van der Waals surface area (Å²) in [6.45, 7) is 1.99. The van der Waals surface area contributed by atoms with Crippen LogP contribution in [0.4, 0.5) is 0 Å². The maximum absolute atomic E-state index is 10.7. The number of benzene rings is 1. The SMILES string of the molecule is CC(N)CCSCc1cccc(C(=O)O)c1. The molecule has 0 spiro atoms. The van der Waals surface area contributed by atoms with Crippen molar-refractivity contribution in [3.05, 3.63) is 35.4 Å². The molecule has 0 aliphatic heterocycles. The van der Waals surface area contributed by atoms with Crippen LogP contribution in [-0.4, -0.2) is 22.9 Å². The molecule has 0 radical (unpaired) electrons. The van der Waals surface area contributed by atoms with Gasteiger partial charge in [0.2, 0.25) is 0 Å². The molecule has 0 aromatic heterocycles. The normalized spacial score (nSPS) is 12.4. The third-order valence-electron chi connectivity index (χ3n) is 2.16. The second-order valence-corrected chi connectivity index (χ2v) is 4.93. The molecule has 0 aliphatic carbocycles. The van der Waals surface area contributed by atoms with Gasteiger partial charge in [0.25, 0.3) is 0 Å². The van der Waals surface area contributed by atoms with E-state index in [4.69, 9.17) is 10.8 Å². The van der Waals surface area contributed by atoms with E-state index >= 15 is 0 Å². The van der Waals surface area contributed by atoms with Crippen molar-refractivity contribution >= 4 is 17.7 Å². The molecule has 88 valence electrons. The summed E-state index contributed by atoms with van der Waals surface area (Å²) in [5.41, 5.74) is 7.05. The molecule has 1 atom stereocenters. The van der Waals surface area contributed by atoms with Crippen molar-refractivity contribution < 1.29 is 9.90 Å². The van der Waals surface area contributed by atoms with Crippen LogP contribution in [0.5, 0.6) is 0 Å². The Morgan fingerprint density at radius 3 is 2.94 bits per heavy atom.